The van der Waals surface area contributed by atoms with E-state index in [4.69, 9.17) is 4.74 Å². The van der Waals surface area contributed by atoms with Crippen LogP contribution in [0.3, 0.4) is 0 Å². The smallest absolute Gasteiger partial charge is 0.172 e. The summed E-state index contributed by atoms with van der Waals surface area (Å²) < 4.78 is 7.32. The molecule has 2 fully saturated rings. The van der Waals surface area contributed by atoms with Crippen molar-refractivity contribution in [3.8, 4) is 0 Å². The molecule has 1 spiro atoms. The van der Waals surface area contributed by atoms with E-state index >= 15 is 0 Å². The summed E-state index contributed by atoms with van der Waals surface area (Å²) in [6, 6.07) is 10.5. The van der Waals surface area contributed by atoms with Crippen LogP contribution < -0.4 is 0 Å². The Morgan fingerprint density at radius 3 is 2.75 bits per heavy atom. The molecule has 1 heterocycles. The lowest BCUT2D eigenvalue weighted by atomic mass is 9.58. The predicted molar refractivity (Wildman–Crippen MR) is 85.8 cm³/mol. The molecular formula is C17H17IO2. The third-order valence-corrected chi connectivity index (χ3v) is 6.27. The molecule has 5 rings (SSSR count). The molecule has 2 nitrogen and oxygen atoms in total. The van der Waals surface area contributed by atoms with Gasteiger partial charge in [0.2, 0.25) is 0 Å². The predicted octanol–water partition coefficient (Wildman–Crippen LogP) is 3.86. The van der Waals surface area contributed by atoms with Crippen LogP contribution in [-0.4, -0.2) is 18.0 Å². The van der Waals surface area contributed by atoms with E-state index in [1.165, 1.54) is 9.14 Å². The third-order valence-electron chi connectivity index (χ3n) is 5.16. The largest absolute Gasteiger partial charge is 0.367 e. The van der Waals surface area contributed by atoms with Crippen LogP contribution in [0.1, 0.15) is 30.7 Å². The van der Waals surface area contributed by atoms with Crippen molar-refractivity contribution in [2.24, 2.45) is 11.8 Å². The van der Waals surface area contributed by atoms with Gasteiger partial charge in [0.05, 0.1) is 0 Å². The second-order valence-corrected chi connectivity index (χ2v) is 7.33. The highest BCUT2D eigenvalue weighted by molar-refractivity contribution is 14.1. The number of carbonyl (C=O) groups excluding carboxylic acids is 1. The second-order valence-electron chi connectivity index (χ2n) is 6.09. The number of halogens is 1. The number of hydrogen-bond acceptors (Lipinski definition) is 2. The monoisotopic (exact) mass is 380 g/mol. The molecule has 3 aliphatic carbocycles. The number of carbonyl (C=O) groups is 1. The quantitative estimate of drug-likeness (QED) is 0.692. The average Bonchev–Trinajstić information content (AvgIpc) is 2.95. The Kier molecular flexibility index (Phi) is 3.04. The Morgan fingerprint density at radius 1 is 1.25 bits per heavy atom. The summed E-state index contributed by atoms with van der Waals surface area (Å²) in [6.07, 6.45) is 5.18. The second kappa shape index (κ2) is 4.67. The van der Waals surface area contributed by atoms with Crippen LogP contribution in [0, 0.1) is 11.8 Å². The first kappa shape index (κ1) is 13.0. The molecule has 104 valence electrons. The lowest BCUT2D eigenvalue weighted by molar-refractivity contribution is -0.154. The van der Waals surface area contributed by atoms with Gasteiger partial charge in [0.15, 0.2) is 5.78 Å². The van der Waals surface area contributed by atoms with Crippen molar-refractivity contribution in [2.75, 3.05) is 6.61 Å². The molecule has 1 aromatic carbocycles. The van der Waals surface area contributed by atoms with E-state index < -0.39 is 5.60 Å². The molecule has 1 saturated heterocycles. The van der Waals surface area contributed by atoms with E-state index in [1.807, 2.05) is 6.07 Å². The standard InChI is InChI=1S/C17H17IO2/c18-15-10-13-12(11-5-2-1-3-6-11)9-14(15)17(16(13)19)7-4-8-20-17/h1-3,5-6,10,12-14H,4,7-9H2/t12?,13?,14?,17-/m0/s1. The van der Waals surface area contributed by atoms with E-state index in [9.17, 15) is 4.79 Å². The minimum atomic E-state index is -0.485. The Labute approximate surface area is 132 Å². The first-order valence-corrected chi connectivity index (χ1v) is 8.41. The van der Waals surface area contributed by atoms with Crippen LogP contribution in [0.15, 0.2) is 40.0 Å². The summed E-state index contributed by atoms with van der Waals surface area (Å²) in [4.78, 5) is 13.0. The summed E-state index contributed by atoms with van der Waals surface area (Å²) >= 11 is 2.42. The van der Waals surface area contributed by atoms with E-state index in [0.717, 1.165) is 25.9 Å². The lowest BCUT2D eigenvalue weighted by Crippen LogP contribution is -2.56. The molecule has 4 atom stereocenters. The van der Waals surface area contributed by atoms with Crippen molar-refractivity contribution in [1.82, 2.24) is 0 Å². The van der Waals surface area contributed by atoms with Crippen LogP contribution in [0.25, 0.3) is 0 Å². The summed E-state index contributed by atoms with van der Waals surface area (Å²) in [5.41, 5.74) is 0.810. The summed E-state index contributed by atoms with van der Waals surface area (Å²) in [5, 5.41) is 0. The molecule has 2 bridgehead atoms. The zero-order chi connectivity index (χ0) is 13.7. The highest BCUT2D eigenvalue weighted by atomic mass is 127. The summed E-state index contributed by atoms with van der Waals surface area (Å²) in [6.45, 7) is 0.745. The molecule has 1 saturated carbocycles. The first-order chi connectivity index (χ1) is 9.72. The normalized spacial score (nSPS) is 39.4. The molecule has 0 radical (unpaired) electrons. The van der Waals surface area contributed by atoms with Crippen molar-refractivity contribution >= 4 is 28.4 Å². The molecule has 20 heavy (non-hydrogen) atoms. The van der Waals surface area contributed by atoms with Crippen LogP contribution in [0.5, 0.6) is 0 Å². The molecule has 0 amide bonds. The van der Waals surface area contributed by atoms with Crippen molar-refractivity contribution < 1.29 is 9.53 Å². The van der Waals surface area contributed by atoms with Crippen LogP contribution in [0.2, 0.25) is 0 Å². The van der Waals surface area contributed by atoms with Gasteiger partial charge in [-0.15, -0.1) is 0 Å². The minimum Gasteiger partial charge on any atom is -0.367 e. The molecule has 4 aliphatic rings. The Morgan fingerprint density at radius 2 is 2.05 bits per heavy atom. The Hall–Kier alpha value is -0.680. The van der Waals surface area contributed by atoms with Crippen molar-refractivity contribution in [3.05, 3.63) is 45.6 Å². The van der Waals surface area contributed by atoms with Crippen LogP contribution in [-0.2, 0) is 9.53 Å². The highest BCUT2D eigenvalue weighted by Gasteiger charge is 2.59. The summed E-state index contributed by atoms with van der Waals surface area (Å²) in [7, 11) is 0. The van der Waals surface area contributed by atoms with Gasteiger partial charge in [-0.2, -0.15) is 0 Å². The number of ether oxygens (including phenoxy) is 1. The van der Waals surface area contributed by atoms with Crippen molar-refractivity contribution in [3.63, 3.8) is 0 Å². The zero-order valence-corrected chi connectivity index (χ0v) is 13.4. The van der Waals surface area contributed by atoms with Gasteiger partial charge < -0.3 is 4.74 Å². The number of fused-ring (bicyclic) bond motifs is 1. The number of Topliss-reactive ketones (excluding diaryl/α,β-unsaturated/α-hetero) is 1. The van der Waals surface area contributed by atoms with Gasteiger partial charge in [-0.1, -0.05) is 36.4 Å². The third kappa shape index (κ3) is 1.69. The SMILES string of the molecule is O=C1C2C=C(I)C(CC2c2ccccc2)[C@@]12CCCO2. The van der Waals surface area contributed by atoms with Gasteiger partial charge in [0, 0.05) is 18.4 Å². The zero-order valence-electron chi connectivity index (χ0n) is 11.2. The molecule has 1 aliphatic heterocycles. The van der Waals surface area contributed by atoms with E-state index in [1.54, 1.807) is 0 Å². The lowest BCUT2D eigenvalue weighted by Gasteiger charge is -2.49. The molecule has 3 heteroatoms. The molecule has 3 unspecified atom stereocenters. The van der Waals surface area contributed by atoms with Gasteiger partial charge in [0.25, 0.3) is 0 Å². The first-order valence-electron chi connectivity index (χ1n) is 7.33. The maximum absolute atomic E-state index is 13.0. The number of hydrogen-bond donors (Lipinski definition) is 0. The Balaban J connectivity index is 1.76. The minimum absolute atomic E-state index is 0.00685. The maximum atomic E-state index is 13.0. The van der Waals surface area contributed by atoms with Gasteiger partial charge in [-0.25, -0.2) is 0 Å². The van der Waals surface area contributed by atoms with Gasteiger partial charge in [-0.05, 0) is 56.9 Å². The number of allylic oxidation sites excluding steroid dienone is 1. The van der Waals surface area contributed by atoms with Crippen LogP contribution in [0.4, 0.5) is 0 Å². The number of ketones is 1. The van der Waals surface area contributed by atoms with E-state index in [0.29, 0.717) is 11.7 Å². The number of benzene rings is 1. The number of rotatable bonds is 1. The molecule has 0 aromatic heterocycles. The fourth-order valence-corrected chi connectivity index (χ4v) is 5.36. The molecular weight excluding hydrogens is 363 g/mol. The maximum Gasteiger partial charge on any atom is 0.172 e. The van der Waals surface area contributed by atoms with Crippen molar-refractivity contribution in [1.29, 1.82) is 0 Å². The van der Waals surface area contributed by atoms with E-state index in [2.05, 4.69) is 52.9 Å². The molecule has 0 N–H and O–H groups in total. The van der Waals surface area contributed by atoms with Gasteiger partial charge >= 0.3 is 0 Å². The van der Waals surface area contributed by atoms with Crippen LogP contribution >= 0.6 is 22.6 Å². The van der Waals surface area contributed by atoms with Gasteiger partial charge in [-0.3, -0.25) is 4.79 Å². The average molecular weight is 380 g/mol. The van der Waals surface area contributed by atoms with E-state index in [-0.39, 0.29) is 11.8 Å². The topological polar surface area (TPSA) is 26.3 Å². The summed E-state index contributed by atoms with van der Waals surface area (Å²) in [5.74, 6) is 0.947. The Bertz CT molecular complexity index is 572. The fraction of sp³-hybridized carbons (Fsp3) is 0.471. The van der Waals surface area contributed by atoms with Crippen molar-refractivity contribution in [2.45, 2.75) is 30.8 Å². The fourth-order valence-electron chi connectivity index (χ4n) is 4.22. The van der Waals surface area contributed by atoms with Gasteiger partial charge in [0.1, 0.15) is 5.60 Å². The molecule has 1 aromatic rings. The highest BCUT2D eigenvalue weighted by Crippen LogP contribution is 2.57.